The highest BCUT2D eigenvalue weighted by molar-refractivity contribution is 6.05. The number of carbonyl (C=O) groups is 3. The van der Waals surface area contributed by atoms with Crippen LogP contribution in [0.1, 0.15) is 43.1 Å². The van der Waals surface area contributed by atoms with E-state index in [2.05, 4.69) is 16.0 Å². The largest absolute Gasteiger partial charge is 0.504 e. The number of carbonyl (C=O) groups excluding carboxylic acids is 3. The lowest BCUT2D eigenvalue weighted by molar-refractivity contribution is -0.121. The molecule has 3 amide bonds. The highest BCUT2D eigenvalue weighted by Gasteiger charge is 2.16. The summed E-state index contributed by atoms with van der Waals surface area (Å²) in [6.07, 6.45) is -0.521. The van der Waals surface area contributed by atoms with E-state index >= 15 is 0 Å². The maximum Gasteiger partial charge on any atom is 0.407 e. The zero-order chi connectivity index (χ0) is 23.9. The molecule has 0 spiro atoms. The minimum atomic E-state index is -0.708. The van der Waals surface area contributed by atoms with Gasteiger partial charge in [0.1, 0.15) is 5.60 Å². The molecular weight excluding hydrogens is 418 g/mol. The van der Waals surface area contributed by atoms with Crippen molar-refractivity contribution in [2.24, 2.45) is 0 Å². The fraction of sp³-hybridized carbons (Fsp3) is 0.318. The Labute approximate surface area is 185 Å². The summed E-state index contributed by atoms with van der Waals surface area (Å²) in [5, 5.41) is 36.3. The lowest BCUT2D eigenvalue weighted by atomic mass is 10.1. The molecule has 0 saturated carbocycles. The number of nitrogens with one attached hydrogen (secondary N) is 3. The Kier molecular flexibility index (Phi) is 7.89. The Balaban J connectivity index is 1.84. The van der Waals surface area contributed by atoms with Crippen molar-refractivity contribution in [2.45, 2.75) is 39.3 Å². The first kappa shape index (κ1) is 24.3. The number of phenolic OH excluding ortho intramolecular Hbond substituents is 3. The summed E-state index contributed by atoms with van der Waals surface area (Å²) in [7, 11) is 0. The molecule has 0 saturated heterocycles. The SMILES string of the molecule is CC(C)(C)OC(=O)NCCC(=O)NCc1cccc(NC(=O)c2cc(O)c(O)c(O)c2)c1. The number of ether oxygens (including phenoxy) is 1. The van der Waals surface area contributed by atoms with Crippen LogP contribution in [-0.4, -0.2) is 45.4 Å². The van der Waals surface area contributed by atoms with E-state index in [1.165, 1.54) is 0 Å². The second-order valence-electron chi connectivity index (χ2n) is 7.97. The van der Waals surface area contributed by atoms with Crippen LogP contribution in [0.5, 0.6) is 17.2 Å². The van der Waals surface area contributed by atoms with Crippen molar-refractivity contribution < 1.29 is 34.4 Å². The molecule has 0 atom stereocenters. The summed E-state index contributed by atoms with van der Waals surface area (Å²) >= 11 is 0. The molecule has 172 valence electrons. The van der Waals surface area contributed by atoms with Crippen molar-refractivity contribution in [1.29, 1.82) is 0 Å². The van der Waals surface area contributed by atoms with Gasteiger partial charge in [-0.3, -0.25) is 9.59 Å². The molecule has 10 heteroatoms. The van der Waals surface area contributed by atoms with Gasteiger partial charge >= 0.3 is 6.09 Å². The van der Waals surface area contributed by atoms with E-state index in [1.807, 2.05) is 0 Å². The number of amides is 3. The lowest BCUT2D eigenvalue weighted by Crippen LogP contribution is -2.35. The van der Waals surface area contributed by atoms with Gasteiger partial charge in [-0.1, -0.05) is 12.1 Å². The lowest BCUT2D eigenvalue weighted by Gasteiger charge is -2.19. The fourth-order valence-corrected chi connectivity index (χ4v) is 2.58. The summed E-state index contributed by atoms with van der Waals surface area (Å²) in [6.45, 7) is 5.57. The van der Waals surface area contributed by atoms with Gasteiger partial charge in [0.05, 0.1) is 0 Å². The van der Waals surface area contributed by atoms with Gasteiger partial charge in [-0.2, -0.15) is 0 Å². The smallest absolute Gasteiger partial charge is 0.407 e. The van der Waals surface area contributed by atoms with Crippen LogP contribution >= 0.6 is 0 Å². The van der Waals surface area contributed by atoms with Gasteiger partial charge < -0.3 is 36.0 Å². The Bertz CT molecular complexity index is 976. The first-order valence-corrected chi connectivity index (χ1v) is 9.83. The van der Waals surface area contributed by atoms with Gasteiger partial charge in [0.15, 0.2) is 17.2 Å². The van der Waals surface area contributed by atoms with E-state index in [-0.39, 0.29) is 31.0 Å². The molecule has 6 N–H and O–H groups in total. The predicted molar refractivity (Wildman–Crippen MR) is 117 cm³/mol. The Morgan fingerprint density at radius 2 is 1.62 bits per heavy atom. The molecule has 0 fully saturated rings. The number of alkyl carbamates (subject to hydrolysis) is 1. The van der Waals surface area contributed by atoms with Gasteiger partial charge in [0.25, 0.3) is 5.91 Å². The third-order valence-electron chi connectivity index (χ3n) is 4.03. The van der Waals surface area contributed by atoms with Crippen LogP contribution in [0.25, 0.3) is 0 Å². The molecule has 0 bridgehead atoms. The number of anilines is 1. The molecule has 0 heterocycles. The zero-order valence-electron chi connectivity index (χ0n) is 18.1. The van der Waals surface area contributed by atoms with E-state index in [0.29, 0.717) is 11.3 Å². The number of benzene rings is 2. The van der Waals surface area contributed by atoms with Crippen molar-refractivity contribution in [1.82, 2.24) is 10.6 Å². The zero-order valence-corrected chi connectivity index (χ0v) is 18.1. The number of phenols is 3. The van der Waals surface area contributed by atoms with Crippen LogP contribution < -0.4 is 16.0 Å². The molecule has 10 nitrogen and oxygen atoms in total. The standard InChI is InChI=1S/C22H27N3O7/c1-22(2,3)32-21(31)23-8-7-18(28)24-12-13-5-4-6-15(9-13)25-20(30)14-10-16(26)19(29)17(27)11-14/h4-6,9-11,26-27,29H,7-8,12H2,1-3H3,(H,23,31)(H,24,28)(H,25,30). The highest BCUT2D eigenvalue weighted by atomic mass is 16.6. The van der Waals surface area contributed by atoms with E-state index in [9.17, 15) is 29.7 Å². The topological polar surface area (TPSA) is 157 Å². The van der Waals surface area contributed by atoms with Crippen LogP contribution in [0.3, 0.4) is 0 Å². The predicted octanol–water partition coefficient (Wildman–Crippen LogP) is 2.59. The summed E-state index contributed by atoms with van der Waals surface area (Å²) in [5.41, 5.74) is 0.484. The maximum absolute atomic E-state index is 12.3. The van der Waals surface area contributed by atoms with Crippen molar-refractivity contribution >= 4 is 23.6 Å². The average Bonchev–Trinajstić information content (AvgIpc) is 2.69. The molecule has 0 aliphatic rings. The Morgan fingerprint density at radius 3 is 2.25 bits per heavy atom. The van der Waals surface area contributed by atoms with E-state index in [1.54, 1.807) is 45.0 Å². The van der Waals surface area contributed by atoms with Crippen molar-refractivity contribution in [3.05, 3.63) is 47.5 Å². The molecule has 0 unspecified atom stereocenters. The van der Waals surface area contributed by atoms with Gasteiger partial charge in [-0.25, -0.2) is 4.79 Å². The van der Waals surface area contributed by atoms with Gasteiger partial charge in [-0.15, -0.1) is 0 Å². The van der Waals surface area contributed by atoms with Crippen LogP contribution in [-0.2, 0) is 16.1 Å². The number of aromatic hydroxyl groups is 3. The fourth-order valence-electron chi connectivity index (χ4n) is 2.58. The Morgan fingerprint density at radius 1 is 0.969 bits per heavy atom. The third kappa shape index (κ3) is 7.71. The maximum atomic E-state index is 12.3. The molecule has 2 aromatic carbocycles. The minimum Gasteiger partial charge on any atom is -0.504 e. The van der Waals surface area contributed by atoms with Crippen LogP contribution in [0.4, 0.5) is 10.5 Å². The normalized spacial score (nSPS) is 10.8. The molecule has 0 aliphatic carbocycles. The van der Waals surface area contributed by atoms with Crippen molar-refractivity contribution in [3.63, 3.8) is 0 Å². The first-order valence-electron chi connectivity index (χ1n) is 9.83. The third-order valence-corrected chi connectivity index (χ3v) is 4.03. The van der Waals surface area contributed by atoms with Crippen molar-refractivity contribution in [2.75, 3.05) is 11.9 Å². The van der Waals surface area contributed by atoms with E-state index in [4.69, 9.17) is 4.74 Å². The second kappa shape index (κ2) is 10.4. The molecule has 2 rings (SSSR count). The number of rotatable bonds is 7. The number of hydrogen-bond acceptors (Lipinski definition) is 7. The molecule has 0 aliphatic heterocycles. The molecule has 0 radical (unpaired) electrons. The van der Waals surface area contributed by atoms with Gasteiger partial charge in [-0.05, 0) is 50.6 Å². The van der Waals surface area contributed by atoms with Gasteiger partial charge in [0, 0.05) is 30.8 Å². The Hall–Kier alpha value is -3.95. The average molecular weight is 445 g/mol. The summed E-state index contributed by atoms with van der Waals surface area (Å²) in [4.78, 5) is 35.9. The molecular formula is C22H27N3O7. The summed E-state index contributed by atoms with van der Waals surface area (Å²) in [6, 6.07) is 8.78. The monoisotopic (exact) mass is 445 g/mol. The number of hydrogen-bond donors (Lipinski definition) is 6. The summed E-state index contributed by atoms with van der Waals surface area (Å²) < 4.78 is 5.09. The summed E-state index contributed by atoms with van der Waals surface area (Å²) in [5.74, 6) is -2.82. The molecule has 0 aromatic heterocycles. The highest BCUT2D eigenvalue weighted by Crippen LogP contribution is 2.35. The molecule has 2 aromatic rings. The molecule has 32 heavy (non-hydrogen) atoms. The van der Waals surface area contributed by atoms with Crippen molar-refractivity contribution in [3.8, 4) is 17.2 Å². The van der Waals surface area contributed by atoms with E-state index in [0.717, 1.165) is 12.1 Å². The van der Waals surface area contributed by atoms with Crippen LogP contribution in [0.15, 0.2) is 36.4 Å². The first-order chi connectivity index (χ1) is 14.9. The van der Waals surface area contributed by atoms with Crippen LogP contribution in [0, 0.1) is 0 Å². The second-order valence-corrected chi connectivity index (χ2v) is 7.97. The van der Waals surface area contributed by atoms with E-state index < -0.39 is 34.9 Å². The van der Waals surface area contributed by atoms with Gasteiger partial charge in [0.2, 0.25) is 5.91 Å². The van der Waals surface area contributed by atoms with Crippen LogP contribution in [0.2, 0.25) is 0 Å². The minimum absolute atomic E-state index is 0.0472. The quantitative estimate of drug-likeness (QED) is 0.358.